The molecule has 0 fully saturated rings. The van der Waals surface area contributed by atoms with Crippen molar-refractivity contribution < 1.29 is 17.9 Å². The molecule has 30 heavy (non-hydrogen) atoms. The fourth-order valence-electron chi connectivity index (χ4n) is 3.07. The SMILES string of the molecule is CCN(CC)S(=O)(=O)c1cc(Cl)ccc1OCC(=O)NC(C)CCc1ccccc1. The van der Waals surface area contributed by atoms with Crippen LogP contribution in [0.4, 0.5) is 0 Å². The van der Waals surface area contributed by atoms with Crippen molar-refractivity contribution in [3.05, 3.63) is 59.1 Å². The van der Waals surface area contributed by atoms with Gasteiger partial charge in [0, 0.05) is 24.2 Å². The minimum absolute atomic E-state index is 0.0367. The Hall–Kier alpha value is -2.09. The average molecular weight is 453 g/mol. The van der Waals surface area contributed by atoms with Crippen LogP contribution >= 0.6 is 11.6 Å². The number of benzene rings is 2. The van der Waals surface area contributed by atoms with E-state index in [-0.39, 0.29) is 34.2 Å². The summed E-state index contributed by atoms with van der Waals surface area (Å²) in [6.07, 6.45) is 1.64. The lowest BCUT2D eigenvalue weighted by Gasteiger charge is -2.21. The minimum Gasteiger partial charge on any atom is -0.482 e. The number of sulfonamides is 1. The number of ether oxygens (including phenoxy) is 1. The third-order valence-electron chi connectivity index (χ3n) is 4.70. The van der Waals surface area contributed by atoms with E-state index in [1.165, 1.54) is 22.0 Å². The van der Waals surface area contributed by atoms with Gasteiger partial charge in [0.2, 0.25) is 10.0 Å². The number of hydrogen-bond acceptors (Lipinski definition) is 4. The van der Waals surface area contributed by atoms with Crippen molar-refractivity contribution in [2.75, 3.05) is 19.7 Å². The number of nitrogens with zero attached hydrogens (tertiary/aromatic N) is 1. The summed E-state index contributed by atoms with van der Waals surface area (Å²) in [5, 5.41) is 3.17. The highest BCUT2D eigenvalue weighted by Crippen LogP contribution is 2.29. The van der Waals surface area contributed by atoms with Crippen molar-refractivity contribution >= 4 is 27.5 Å². The van der Waals surface area contributed by atoms with Crippen LogP contribution in [0.2, 0.25) is 5.02 Å². The molecule has 2 aromatic rings. The van der Waals surface area contributed by atoms with Gasteiger partial charge in [-0.15, -0.1) is 0 Å². The molecule has 8 heteroatoms. The third-order valence-corrected chi connectivity index (χ3v) is 7.01. The number of amides is 1. The van der Waals surface area contributed by atoms with E-state index in [2.05, 4.69) is 17.4 Å². The molecule has 1 amide bonds. The van der Waals surface area contributed by atoms with Crippen LogP contribution in [0.25, 0.3) is 0 Å². The molecule has 0 saturated carbocycles. The van der Waals surface area contributed by atoms with Gasteiger partial charge in [0.25, 0.3) is 5.91 Å². The summed E-state index contributed by atoms with van der Waals surface area (Å²) in [7, 11) is -3.77. The molecule has 0 saturated heterocycles. The molecule has 0 aliphatic rings. The Kier molecular flexibility index (Phi) is 9.14. The molecule has 0 heterocycles. The maximum Gasteiger partial charge on any atom is 0.258 e. The number of hydrogen-bond donors (Lipinski definition) is 1. The molecule has 1 N–H and O–H groups in total. The van der Waals surface area contributed by atoms with Gasteiger partial charge in [0.15, 0.2) is 6.61 Å². The summed E-state index contributed by atoms with van der Waals surface area (Å²) in [6, 6.07) is 14.4. The fourth-order valence-corrected chi connectivity index (χ4v) is 4.92. The van der Waals surface area contributed by atoms with E-state index >= 15 is 0 Å². The zero-order valence-corrected chi connectivity index (χ0v) is 19.2. The number of rotatable bonds is 11. The Labute approximate surface area is 184 Å². The Morgan fingerprint density at radius 2 is 1.80 bits per heavy atom. The number of aryl methyl sites for hydroxylation is 1. The van der Waals surface area contributed by atoms with Crippen molar-refractivity contribution in [2.45, 2.75) is 44.6 Å². The van der Waals surface area contributed by atoms with Crippen LogP contribution in [0, 0.1) is 0 Å². The van der Waals surface area contributed by atoms with Crippen molar-refractivity contribution in [3.8, 4) is 5.75 Å². The van der Waals surface area contributed by atoms with E-state index in [1.54, 1.807) is 19.9 Å². The summed E-state index contributed by atoms with van der Waals surface area (Å²) >= 11 is 6.01. The zero-order valence-electron chi connectivity index (χ0n) is 17.6. The second kappa shape index (κ2) is 11.3. The second-order valence-corrected chi connectivity index (χ2v) is 9.30. The molecule has 1 unspecified atom stereocenters. The standard InChI is InChI=1S/C22H29ClN2O4S/c1-4-25(5-2)30(27,28)21-15-19(23)13-14-20(21)29-16-22(26)24-17(3)11-12-18-9-7-6-8-10-18/h6-10,13-15,17H,4-5,11-12,16H2,1-3H3,(H,24,26). The van der Waals surface area contributed by atoms with Crippen LogP contribution in [-0.4, -0.2) is 44.4 Å². The number of carbonyl (C=O) groups excluding carboxylic acids is 1. The molecule has 0 aliphatic carbocycles. The third kappa shape index (κ3) is 6.72. The Morgan fingerprint density at radius 1 is 1.13 bits per heavy atom. The smallest absolute Gasteiger partial charge is 0.258 e. The summed E-state index contributed by atoms with van der Waals surface area (Å²) in [5.41, 5.74) is 1.21. The number of nitrogens with one attached hydrogen (secondary N) is 1. The topological polar surface area (TPSA) is 75.7 Å². The Morgan fingerprint density at radius 3 is 2.43 bits per heavy atom. The maximum absolute atomic E-state index is 12.9. The molecule has 2 rings (SSSR count). The summed E-state index contributed by atoms with van der Waals surface area (Å²) < 4.78 is 32.7. The van der Waals surface area contributed by atoms with Crippen LogP contribution in [0.15, 0.2) is 53.4 Å². The highest BCUT2D eigenvalue weighted by atomic mass is 35.5. The molecule has 0 spiro atoms. The summed E-state index contributed by atoms with van der Waals surface area (Å²) in [6.45, 7) is 5.82. The highest BCUT2D eigenvalue weighted by Gasteiger charge is 2.26. The van der Waals surface area contributed by atoms with E-state index in [9.17, 15) is 13.2 Å². The van der Waals surface area contributed by atoms with E-state index in [4.69, 9.17) is 16.3 Å². The lowest BCUT2D eigenvalue weighted by atomic mass is 10.1. The predicted octanol–water partition coefficient (Wildman–Crippen LogP) is 3.89. The molecular formula is C22H29ClN2O4S. The van der Waals surface area contributed by atoms with Gasteiger partial charge in [-0.2, -0.15) is 4.31 Å². The van der Waals surface area contributed by atoms with E-state index < -0.39 is 10.0 Å². The first-order valence-electron chi connectivity index (χ1n) is 10.0. The molecular weight excluding hydrogens is 424 g/mol. The second-order valence-electron chi connectivity index (χ2n) is 6.96. The van der Waals surface area contributed by atoms with Crippen LogP contribution in [0.5, 0.6) is 5.75 Å². The first-order chi connectivity index (χ1) is 14.3. The minimum atomic E-state index is -3.77. The number of carbonyl (C=O) groups is 1. The Balaban J connectivity index is 1.99. The van der Waals surface area contributed by atoms with Gasteiger partial charge in [0.1, 0.15) is 10.6 Å². The van der Waals surface area contributed by atoms with Gasteiger partial charge in [-0.3, -0.25) is 4.79 Å². The van der Waals surface area contributed by atoms with Gasteiger partial charge < -0.3 is 10.1 Å². The fraction of sp³-hybridized carbons (Fsp3) is 0.409. The van der Waals surface area contributed by atoms with Gasteiger partial charge >= 0.3 is 0 Å². The van der Waals surface area contributed by atoms with E-state index in [1.807, 2.05) is 25.1 Å². The molecule has 0 aliphatic heterocycles. The highest BCUT2D eigenvalue weighted by molar-refractivity contribution is 7.89. The maximum atomic E-state index is 12.9. The van der Waals surface area contributed by atoms with Gasteiger partial charge in [-0.05, 0) is 43.5 Å². The summed E-state index contributed by atoms with van der Waals surface area (Å²) in [4.78, 5) is 12.3. The number of halogens is 1. The van der Waals surface area contributed by atoms with Crippen molar-refractivity contribution in [1.29, 1.82) is 0 Å². The largest absolute Gasteiger partial charge is 0.482 e. The first kappa shape index (κ1) is 24.2. The van der Waals surface area contributed by atoms with Crippen LogP contribution < -0.4 is 10.1 Å². The van der Waals surface area contributed by atoms with Crippen molar-refractivity contribution in [2.24, 2.45) is 0 Å². The normalized spacial score (nSPS) is 12.6. The van der Waals surface area contributed by atoms with Crippen LogP contribution in [-0.2, 0) is 21.2 Å². The van der Waals surface area contributed by atoms with Crippen LogP contribution in [0.1, 0.15) is 32.8 Å². The molecule has 0 aromatic heterocycles. The van der Waals surface area contributed by atoms with Gasteiger partial charge in [-0.1, -0.05) is 55.8 Å². The summed E-state index contributed by atoms with van der Waals surface area (Å²) in [5.74, 6) is -0.199. The van der Waals surface area contributed by atoms with E-state index in [0.717, 1.165) is 12.8 Å². The monoisotopic (exact) mass is 452 g/mol. The van der Waals surface area contributed by atoms with Crippen molar-refractivity contribution in [1.82, 2.24) is 9.62 Å². The van der Waals surface area contributed by atoms with Gasteiger partial charge in [0.05, 0.1) is 0 Å². The molecule has 0 bridgehead atoms. The van der Waals surface area contributed by atoms with Crippen molar-refractivity contribution in [3.63, 3.8) is 0 Å². The molecule has 0 radical (unpaired) electrons. The average Bonchev–Trinajstić information content (AvgIpc) is 2.72. The Bertz CT molecular complexity index is 931. The quantitative estimate of drug-likeness (QED) is 0.561. The molecule has 164 valence electrons. The van der Waals surface area contributed by atoms with Crippen LogP contribution in [0.3, 0.4) is 0 Å². The molecule has 1 atom stereocenters. The lowest BCUT2D eigenvalue weighted by molar-refractivity contribution is -0.123. The molecule has 6 nitrogen and oxygen atoms in total. The van der Waals surface area contributed by atoms with E-state index in [0.29, 0.717) is 13.1 Å². The molecule has 2 aromatic carbocycles. The first-order valence-corrected chi connectivity index (χ1v) is 11.9. The van der Waals surface area contributed by atoms with Gasteiger partial charge in [-0.25, -0.2) is 8.42 Å². The lowest BCUT2D eigenvalue weighted by Crippen LogP contribution is -2.36. The predicted molar refractivity (Wildman–Crippen MR) is 119 cm³/mol. The zero-order chi connectivity index (χ0) is 22.1.